The van der Waals surface area contributed by atoms with Crippen molar-refractivity contribution in [1.82, 2.24) is 15.1 Å². The molecule has 1 N–H and O–H groups in total. The molecule has 1 aliphatic rings. The van der Waals surface area contributed by atoms with Gasteiger partial charge in [-0.05, 0) is 18.8 Å². The summed E-state index contributed by atoms with van der Waals surface area (Å²) in [7, 11) is 1.96. The van der Waals surface area contributed by atoms with Crippen molar-refractivity contribution in [1.29, 1.82) is 0 Å². The van der Waals surface area contributed by atoms with Gasteiger partial charge in [-0.15, -0.1) is 0 Å². The zero-order valence-corrected chi connectivity index (χ0v) is 9.41. The second-order valence-electron chi connectivity index (χ2n) is 5.08. The lowest BCUT2D eigenvalue weighted by Gasteiger charge is -2.13. The van der Waals surface area contributed by atoms with Crippen molar-refractivity contribution in [2.45, 2.75) is 39.3 Å². The SMILES string of the molecule is CC(NC1CC1(C)C)c1cnn(C)c1. The Labute approximate surface area is 85.5 Å². The highest BCUT2D eigenvalue weighted by Crippen LogP contribution is 2.45. The number of aromatic nitrogens is 2. The van der Waals surface area contributed by atoms with E-state index in [1.54, 1.807) is 0 Å². The van der Waals surface area contributed by atoms with E-state index in [1.807, 2.05) is 17.9 Å². The van der Waals surface area contributed by atoms with Gasteiger partial charge in [-0.25, -0.2) is 0 Å². The van der Waals surface area contributed by atoms with Gasteiger partial charge in [0, 0.05) is 30.9 Å². The Kier molecular flexibility index (Phi) is 2.14. The summed E-state index contributed by atoms with van der Waals surface area (Å²) in [5.41, 5.74) is 1.77. The highest BCUT2D eigenvalue weighted by Gasteiger charge is 2.45. The first kappa shape index (κ1) is 9.71. The molecule has 1 heterocycles. The van der Waals surface area contributed by atoms with Gasteiger partial charge in [0.1, 0.15) is 0 Å². The summed E-state index contributed by atoms with van der Waals surface area (Å²) < 4.78 is 1.85. The molecule has 1 saturated carbocycles. The summed E-state index contributed by atoms with van der Waals surface area (Å²) in [6, 6.07) is 1.09. The van der Waals surface area contributed by atoms with Crippen molar-refractivity contribution in [2.24, 2.45) is 12.5 Å². The van der Waals surface area contributed by atoms with Crippen LogP contribution in [-0.4, -0.2) is 15.8 Å². The fourth-order valence-corrected chi connectivity index (χ4v) is 1.81. The summed E-state index contributed by atoms with van der Waals surface area (Å²) in [6.45, 7) is 6.81. The van der Waals surface area contributed by atoms with Crippen LogP contribution in [0.1, 0.15) is 38.8 Å². The minimum absolute atomic E-state index is 0.412. The molecule has 1 aromatic heterocycles. The minimum Gasteiger partial charge on any atom is -0.307 e. The maximum absolute atomic E-state index is 4.18. The summed E-state index contributed by atoms with van der Waals surface area (Å²) >= 11 is 0. The molecule has 2 atom stereocenters. The summed E-state index contributed by atoms with van der Waals surface area (Å²) in [5.74, 6) is 0. The monoisotopic (exact) mass is 193 g/mol. The molecule has 1 aliphatic carbocycles. The number of nitrogens with zero attached hydrogens (tertiary/aromatic N) is 2. The molecule has 3 heteroatoms. The minimum atomic E-state index is 0.412. The van der Waals surface area contributed by atoms with Gasteiger partial charge < -0.3 is 5.32 Å². The van der Waals surface area contributed by atoms with E-state index in [9.17, 15) is 0 Å². The fourth-order valence-electron chi connectivity index (χ4n) is 1.81. The average Bonchev–Trinajstić information content (AvgIpc) is 2.52. The van der Waals surface area contributed by atoms with Gasteiger partial charge in [0.2, 0.25) is 0 Å². The predicted octanol–water partition coefficient (Wildman–Crippen LogP) is 1.87. The Balaban J connectivity index is 1.94. The maximum Gasteiger partial charge on any atom is 0.0537 e. The van der Waals surface area contributed by atoms with Crippen LogP contribution in [0.4, 0.5) is 0 Å². The molecule has 2 rings (SSSR count). The zero-order valence-electron chi connectivity index (χ0n) is 9.41. The molecule has 0 bridgehead atoms. The van der Waals surface area contributed by atoms with Gasteiger partial charge in [-0.2, -0.15) is 5.10 Å². The maximum atomic E-state index is 4.18. The molecule has 14 heavy (non-hydrogen) atoms. The lowest BCUT2D eigenvalue weighted by Crippen LogP contribution is -2.23. The van der Waals surface area contributed by atoms with E-state index in [0.29, 0.717) is 17.5 Å². The smallest absolute Gasteiger partial charge is 0.0537 e. The van der Waals surface area contributed by atoms with Gasteiger partial charge in [-0.1, -0.05) is 13.8 Å². The number of hydrogen-bond acceptors (Lipinski definition) is 2. The van der Waals surface area contributed by atoms with Crippen molar-refractivity contribution in [3.8, 4) is 0 Å². The Bertz CT molecular complexity index is 327. The summed E-state index contributed by atoms with van der Waals surface area (Å²) in [4.78, 5) is 0. The van der Waals surface area contributed by atoms with Gasteiger partial charge in [0.15, 0.2) is 0 Å². The summed E-state index contributed by atoms with van der Waals surface area (Å²) in [5, 5.41) is 7.80. The fraction of sp³-hybridized carbons (Fsp3) is 0.727. The Morgan fingerprint density at radius 3 is 2.71 bits per heavy atom. The highest BCUT2D eigenvalue weighted by molar-refractivity contribution is 5.12. The van der Waals surface area contributed by atoms with E-state index < -0.39 is 0 Å². The van der Waals surface area contributed by atoms with E-state index in [1.165, 1.54) is 12.0 Å². The van der Waals surface area contributed by atoms with E-state index in [-0.39, 0.29) is 0 Å². The van der Waals surface area contributed by atoms with Gasteiger partial charge in [0.05, 0.1) is 6.20 Å². The lowest BCUT2D eigenvalue weighted by atomic mass is 10.1. The van der Waals surface area contributed by atoms with Crippen LogP contribution >= 0.6 is 0 Å². The molecular formula is C11H19N3. The largest absolute Gasteiger partial charge is 0.307 e. The van der Waals surface area contributed by atoms with E-state index >= 15 is 0 Å². The Hall–Kier alpha value is -0.830. The van der Waals surface area contributed by atoms with Gasteiger partial charge >= 0.3 is 0 Å². The lowest BCUT2D eigenvalue weighted by molar-refractivity contribution is 0.491. The molecule has 78 valence electrons. The average molecular weight is 193 g/mol. The third-order valence-electron chi connectivity index (χ3n) is 3.19. The third-order valence-corrected chi connectivity index (χ3v) is 3.19. The molecule has 0 saturated heterocycles. The first-order valence-electron chi connectivity index (χ1n) is 5.23. The van der Waals surface area contributed by atoms with Crippen LogP contribution in [0, 0.1) is 5.41 Å². The van der Waals surface area contributed by atoms with Gasteiger partial charge in [-0.3, -0.25) is 4.68 Å². The molecule has 0 spiro atoms. The topological polar surface area (TPSA) is 29.9 Å². The Morgan fingerprint density at radius 1 is 1.64 bits per heavy atom. The number of nitrogens with one attached hydrogen (secondary N) is 1. The van der Waals surface area contributed by atoms with Crippen molar-refractivity contribution < 1.29 is 0 Å². The second-order valence-corrected chi connectivity index (χ2v) is 5.08. The third kappa shape index (κ3) is 1.82. The van der Waals surface area contributed by atoms with Crippen LogP contribution in [0.25, 0.3) is 0 Å². The van der Waals surface area contributed by atoms with Crippen LogP contribution < -0.4 is 5.32 Å². The van der Waals surface area contributed by atoms with Crippen LogP contribution in [0.5, 0.6) is 0 Å². The molecule has 1 fully saturated rings. The zero-order chi connectivity index (χ0) is 10.3. The van der Waals surface area contributed by atoms with Crippen molar-refractivity contribution in [3.05, 3.63) is 18.0 Å². The number of aryl methyl sites for hydroxylation is 1. The van der Waals surface area contributed by atoms with Crippen LogP contribution in [0.2, 0.25) is 0 Å². The quantitative estimate of drug-likeness (QED) is 0.794. The van der Waals surface area contributed by atoms with E-state index in [0.717, 1.165) is 0 Å². The Morgan fingerprint density at radius 2 is 2.29 bits per heavy atom. The molecule has 0 radical (unpaired) electrons. The van der Waals surface area contributed by atoms with Crippen molar-refractivity contribution in [2.75, 3.05) is 0 Å². The van der Waals surface area contributed by atoms with Crippen molar-refractivity contribution >= 4 is 0 Å². The molecule has 0 aromatic carbocycles. The molecule has 2 unspecified atom stereocenters. The highest BCUT2D eigenvalue weighted by atomic mass is 15.2. The van der Waals surface area contributed by atoms with Crippen LogP contribution in [0.3, 0.4) is 0 Å². The van der Waals surface area contributed by atoms with E-state index in [4.69, 9.17) is 0 Å². The first-order valence-corrected chi connectivity index (χ1v) is 5.23. The molecule has 1 aromatic rings. The summed E-state index contributed by atoms with van der Waals surface area (Å²) in [6.07, 6.45) is 5.30. The number of rotatable bonds is 3. The van der Waals surface area contributed by atoms with Gasteiger partial charge in [0.25, 0.3) is 0 Å². The van der Waals surface area contributed by atoms with Crippen molar-refractivity contribution in [3.63, 3.8) is 0 Å². The molecule has 3 nitrogen and oxygen atoms in total. The van der Waals surface area contributed by atoms with E-state index in [2.05, 4.69) is 37.4 Å². The van der Waals surface area contributed by atoms with Crippen LogP contribution in [0.15, 0.2) is 12.4 Å². The number of hydrogen-bond donors (Lipinski definition) is 1. The predicted molar refractivity (Wildman–Crippen MR) is 56.9 cm³/mol. The second kappa shape index (κ2) is 3.09. The van der Waals surface area contributed by atoms with Crippen LogP contribution in [-0.2, 0) is 7.05 Å². The first-order chi connectivity index (χ1) is 6.49. The molecule has 0 amide bonds. The normalized spacial score (nSPS) is 26.1. The molecular weight excluding hydrogens is 174 g/mol. The standard InChI is InChI=1S/C11H19N3/c1-8(9-6-12-14(4)7-9)13-10-5-11(10,2)3/h6-8,10,13H,5H2,1-4H3. The molecule has 0 aliphatic heterocycles.